The Morgan fingerprint density at radius 3 is 2.35 bits per heavy atom. The van der Waals surface area contributed by atoms with E-state index in [1.807, 2.05) is 0 Å². The van der Waals surface area contributed by atoms with Gasteiger partial charge in [0.2, 0.25) is 0 Å². The molecule has 1 heterocycles. The molecule has 9 heteroatoms. The van der Waals surface area contributed by atoms with Gasteiger partial charge in [-0.1, -0.05) is 0 Å². The van der Waals surface area contributed by atoms with Gasteiger partial charge < -0.3 is 19.5 Å². The van der Waals surface area contributed by atoms with Gasteiger partial charge in [0.1, 0.15) is 17.8 Å². The zero-order valence-electron chi connectivity index (χ0n) is 14.5. The number of amides is 1. The van der Waals surface area contributed by atoms with E-state index in [1.54, 1.807) is 43.5 Å². The highest BCUT2D eigenvalue weighted by atomic mass is 16.5. The summed E-state index contributed by atoms with van der Waals surface area (Å²) in [6, 6.07) is 10.1. The maximum atomic E-state index is 12.5. The predicted octanol–water partition coefficient (Wildman–Crippen LogP) is 1.94. The number of nitrogens with one attached hydrogen (secondary N) is 1. The van der Waals surface area contributed by atoms with E-state index in [-0.39, 0.29) is 5.91 Å². The number of carbonyl (C=O) groups excluding carboxylic acids is 1. The first-order valence-corrected chi connectivity index (χ1v) is 7.61. The van der Waals surface area contributed by atoms with Gasteiger partial charge in [-0.25, -0.2) is 0 Å². The van der Waals surface area contributed by atoms with E-state index in [1.165, 1.54) is 25.2 Å². The van der Waals surface area contributed by atoms with Crippen molar-refractivity contribution < 1.29 is 19.0 Å². The lowest BCUT2D eigenvalue weighted by atomic mass is 10.1. The van der Waals surface area contributed by atoms with Crippen LogP contribution in [0.3, 0.4) is 0 Å². The normalized spacial score (nSPS) is 10.3. The molecule has 1 aromatic heterocycles. The third kappa shape index (κ3) is 3.41. The van der Waals surface area contributed by atoms with Crippen LogP contribution in [0.25, 0.3) is 5.69 Å². The van der Waals surface area contributed by atoms with Crippen molar-refractivity contribution in [3.8, 4) is 22.9 Å². The van der Waals surface area contributed by atoms with Crippen molar-refractivity contribution in [1.29, 1.82) is 0 Å². The van der Waals surface area contributed by atoms with Gasteiger partial charge >= 0.3 is 0 Å². The molecule has 0 bridgehead atoms. The monoisotopic (exact) mass is 355 g/mol. The number of methoxy groups -OCH3 is 3. The maximum absolute atomic E-state index is 12.5. The Hall–Kier alpha value is -3.62. The molecule has 1 N–H and O–H groups in total. The highest BCUT2D eigenvalue weighted by molar-refractivity contribution is 6.04. The molecule has 2 aromatic carbocycles. The Kier molecular flexibility index (Phi) is 4.97. The summed E-state index contributed by atoms with van der Waals surface area (Å²) in [5, 5.41) is 13.9. The van der Waals surface area contributed by atoms with Gasteiger partial charge in [-0.3, -0.25) is 4.79 Å². The summed E-state index contributed by atoms with van der Waals surface area (Å²) in [6.07, 6.45) is 1.44. The summed E-state index contributed by atoms with van der Waals surface area (Å²) in [7, 11) is 4.60. The number of aromatic nitrogens is 4. The van der Waals surface area contributed by atoms with Crippen molar-refractivity contribution in [1.82, 2.24) is 20.2 Å². The van der Waals surface area contributed by atoms with Crippen LogP contribution in [0.4, 0.5) is 5.69 Å². The van der Waals surface area contributed by atoms with Gasteiger partial charge in [0.15, 0.2) is 11.5 Å². The Morgan fingerprint density at radius 2 is 1.69 bits per heavy atom. The second kappa shape index (κ2) is 7.51. The third-order valence-corrected chi connectivity index (χ3v) is 3.68. The molecule has 9 nitrogen and oxygen atoms in total. The van der Waals surface area contributed by atoms with Crippen LogP contribution < -0.4 is 19.5 Å². The average molecular weight is 355 g/mol. The van der Waals surface area contributed by atoms with Crippen molar-refractivity contribution in [3.05, 3.63) is 48.3 Å². The Bertz CT molecular complexity index is 912. The molecule has 3 aromatic rings. The number of anilines is 1. The second-order valence-electron chi connectivity index (χ2n) is 5.16. The highest BCUT2D eigenvalue weighted by Crippen LogP contribution is 2.29. The first-order chi connectivity index (χ1) is 12.7. The van der Waals surface area contributed by atoms with Gasteiger partial charge in [0.25, 0.3) is 5.91 Å². The largest absolute Gasteiger partial charge is 0.494 e. The third-order valence-electron chi connectivity index (χ3n) is 3.68. The number of tetrazole rings is 1. The summed E-state index contributed by atoms with van der Waals surface area (Å²) in [4.78, 5) is 12.5. The van der Waals surface area contributed by atoms with Crippen LogP contribution in [0.15, 0.2) is 42.7 Å². The second-order valence-corrected chi connectivity index (χ2v) is 5.16. The number of carbonyl (C=O) groups is 1. The molecule has 0 saturated carbocycles. The van der Waals surface area contributed by atoms with E-state index in [4.69, 9.17) is 14.2 Å². The number of nitrogens with zero attached hydrogens (tertiary/aromatic N) is 4. The fourth-order valence-electron chi connectivity index (χ4n) is 2.40. The van der Waals surface area contributed by atoms with Gasteiger partial charge in [0.05, 0.1) is 21.3 Å². The molecular formula is C17H17N5O4. The summed E-state index contributed by atoms with van der Waals surface area (Å²) >= 11 is 0. The van der Waals surface area contributed by atoms with Gasteiger partial charge in [0, 0.05) is 11.3 Å². The summed E-state index contributed by atoms with van der Waals surface area (Å²) in [5.74, 6) is 1.30. The topological polar surface area (TPSA) is 100 Å². The summed E-state index contributed by atoms with van der Waals surface area (Å²) in [6.45, 7) is 0. The summed E-state index contributed by atoms with van der Waals surface area (Å²) < 4.78 is 17.2. The molecule has 0 aliphatic heterocycles. The molecule has 0 atom stereocenters. The molecule has 0 aliphatic carbocycles. The van der Waals surface area contributed by atoms with Crippen molar-refractivity contribution in [2.45, 2.75) is 0 Å². The van der Waals surface area contributed by atoms with Crippen molar-refractivity contribution >= 4 is 11.6 Å². The Morgan fingerprint density at radius 1 is 0.962 bits per heavy atom. The predicted molar refractivity (Wildman–Crippen MR) is 93.2 cm³/mol. The molecule has 0 fully saturated rings. The molecular weight excluding hydrogens is 338 g/mol. The van der Waals surface area contributed by atoms with Crippen LogP contribution in [-0.2, 0) is 0 Å². The lowest BCUT2D eigenvalue weighted by Gasteiger charge is -2.12. The minimum absolute atomic E-state index is 0.293. The fourth-order valence-corrected chi connectivity index (χ4v) is 2.40. The highest BCUT2D eigenvalue weighted by Gasteiger charge is 2.13. The Labute approximate surface area is 149 Å². The minimum atomic E-state index is -0.293. The van der Waals surface area contributed by atoms with E-state index in [2.05, 4.69) is 20.8 Å². The van der Waals surface area contributed by atoms with E-state index >= 15 is 0 Å². The zero-order chi connectivity index (χ0) is 18.5. The van der Waals surface area contributed by atoms with Crippen LogP contribution >= 0.6 is 0 Å². The van der Waals surface area contributed by atoms with Crippen LogP contribution in [0.1, 0.15) is 10.4 Å². The van der Waals surface area contributed by atoms with Gasteiger partial charge in [-0.05, 0) is 46.8 Å². The molecule has 0 aliphatic rings. The quantitative estimate of drug-likeness (QED) is 0.721. The lowest BCUT2D eigenvalue weighted by molar-refractivity contribution is 0.102. The molecule has 1 amide bonds. The van der Waals surface area contributed by atoms with E-state index in [0.29, 0.717) is 34.2 Å². The number of rotatable bonds is 6. The number of ether oxygens (including phenoxy) is 3. The van der Waals surface area contributed by atoms with Crippen molar-refractivity contribution in [3.63, 3.8) is 0 Å². The SMILES string of the molecule is COc1ccc(C(=O)Nc2ccc(OC)c(-n3cnnn3)c2)cc1OC. The smallest absolute Gasteiger partial charge is 0.255 e. The van der Waals surface area contributed by atoms with Crippen molar-refractivity contribution in [2.24, 2.45) is 0 Å². The minimum Gasteiger partial charge on any atom is -0.494 e. The average Bonchev–Trinajstić information content (AvgIpc) is 3.22. The first kappa shape index (κ1) is 17.2. The Balaban J connectivity index is 1.87. The fraction of sp³-hybridized carbons (Fsp3) is 0.176. The molecule has 0 unspecified atom stereocenters. The standard InChI is InChI=1S/C17H17N5O4/c1-24-14-7-5-12(9-13(14)22-10-18-20-21-22)19-17(23)11-4-6-15(25-2)16(8-11)26-3/h4-10H,1-3H3,(H,19,23). The molecule has 3 rings (SSSR count). The molecule has 0 saturated heterocycles. The zero-order valence-corrected chi connectivity index (χ0v) is 14.5. The molecule has 134 valence electrons. The maximum Gasteiger partial charge on any atom is 0.255 e. The van der Waals surface area contributed by atoms with Gasteiger partial charge in [-0.15, -0.1) is 5.10 Å². The van der Waals surface area contributed by atoms with Crippen LogP contribution in [0.2, 0.25) is 0 Å². The molecule has 0 radical (unpaired) electrons. The van der Waals surface area contributed by atoms with E-state index < -0.39 is 0 Å². The summed E-state index contributed by atoms with van der Waals surface area (Å²) in [5.41, 5.74) is 1.60. The van der Waals surface area contributed by atoms with Crippen LogP contribution in [0.5, 0.6) is 17.2 Å². The number of benzene rings is 2. The van der Waals surface area contributed by atoms with E-state index in [9.17, 15) is 4.79 Å². The number of hydrogen-bond acceptors (Lipinski definition) is 7. The van der Waals surface area contributed by atoms with E-state index in [0.717, 1.165) is 0 Å². The molecule has 26 heavy (non-hydrogen) atoms. The van der Waals surface area contributed by atoms with Crippen LogP contribution in [-0.4, -0.2) is 47.4 Å². The van der Waals surface area contributed by atoms with Gasteiger partial charge in [-0.2, -0.15) is 4.68 Å². The lowest BCUT2D eigenvalue weighted by Crippen LogP contribution is -2.12. The van der Waals surface area contributed by atoms with Crippen LogP contribution in [0, 0.1) is 0 Å². The molecule has 0 spiro atoms. The first-order valence-electron chi connectivity index (χ1n) is 7.61. The van der Waals surface area contributed by atoms with Crippen molar-refractivity contribution in [2.75, 3.05) is 26.6 Å². The number of hydrogen-bond donors (Lipinski definition) is 1.